The van der Waals surface area contributed by atoms with E-state index in [2.05, 4.69) is 10.4 Å². The molecule has 2 aromatic carbocycles. The minimum atomic E-state index is 0.109. The Morgan fingerprint density at radius 2 is 2.00 bits per heavy atom. The Morgan fingerprint density at radius 3 is 2.70 bits per heavy atom. The van der Waals surface area contributed by atoms with Crippen molar-refractivity contribution in [3.05, 3.63) is 76.4 Å². The summed E-state index contributed by atoms with van der Waals surface area (Å²) in [4.78, 5) is 5.70. The number of nitrogens with one attached hydrogen (secondary N) is 1. The topological polar surface area (TPSA) is 110 Å². The molecule has 1 aromatic heterocycles. The molecule has 6 nitrogen and oxygen atoms in total. The molecule has 0 atom stereocenters. The minimum Gasteiger partial charge on any atom is -0.488 e. The van der Waals surface area contributed by atoms with Gasteiger partial charge in [-0.25, -0.2) is 10.8 Å². The summed E-state index contributed by atoms with van der Waals surface area (Å²) in [6, 6.07) is 19.2. The summed E-state index contributed by atoms with van der Waals surface area (Å²) in [5, 5.41) is 10.0. The number of rotatable bonds is 6. The lowest BCUT2D eigenvalue weighted by molar-refractivity contribution is 0.308. The summed E-state index contributed by atoms with van der Waals surface area (Å²) in [5.41, 5.74) is 11.4. The Labute approximate surface area is 161 Å². The molecule has 27 heavy (non-hydrogen) atoms. The molecule has 0 fully saturated rings. The van der Waals surface area contributed by atoms with Gasteiger partial charge in [-0.2, -0.15) is 5.26 Å². The quantitative estimate of drug-likeness (QED) is 0.345. The molecule has 136 valence electrons. The maximum atomic E-state index is 9.04. The van der Waals surface area contributed by atoms with Crippen LogP contribution in [0.3, 0.4) is 0 Å². The average molecular weight is 377 g/mol. The highest BCUT2D eigenvalue weighted by Gasteiger charge is 2.11. The molecule has 0 aliphatic heterocycles. The molecule has 0 saturated heterocycles. The number of nitrogens with two attached hydrogens (primary N) is 2. The van der Waals surface area contributed by atoms with Crippen molar-refractivity contribution in [2.24, 2.45) is 11.6 Å². The number of allylic oxidation sites excluding steroid dienone is 1. The number of hydrazine groups is 1. The molecule has 0 aliphatic rings. The number of nitrogens with zero attached hydrogens (tertiary/aromatic N) is 2. The first kappa shape index (κ1) is 18.5. The highest BCUT2D eigenvalue weighted by Crippen LogP contribution is 2.29. The number of thiazole rings is 1. The van der Waals surface area contributed by atoms with Crippen LogP contribution in [0.15, 0.2) is 60.3 Å². The third-order valence-corrected chi connectivity index (χ3v) is 5.13. The van der Waals surface area contributed by atoms with Crippen LogP contribution in [0.2, 0.25) is 0 Å². The van der Waals surface area contributed by atoms with E-state index < -0.39 is 0 Å². The van der Waals surface area contributed by atoms with Gasteiger partial charge in [0.1, 0.15) is 23.4 Å². The van der Waals surface area contributed by atoms with Crippen LogP contribution in [0.4, 0.5) is 0 Å². The molecule has 1 heterocycles. The lowest BCUT2D eigenvalue weighted by atomic mass is 10.1. The second-order valence-corrected chi connectivity index (χ2v) is 6.84. The summed E-state index contributed by atoms with van der Waals surface area (Å²) >= 11 is 1.61. The molecule has 0 amide bonds. The first-order valence-corrected chi connectivity index (χ1v) is 9.05. The van der Waals surface area contributed by atoms with E-state index in [4.69, 9.17) is 21.6 Å². The van der Waals surface area contributed by atoms with Gasteiger partial charge in [-0.1, -0.05) is 42.5 Å². The highest BCUT2D eigenvalue weighted by molar-refractivity contribution is 7.15. The molecule has 0 bridgehead atoms. The molecule has 5 N–H and O–H groups in total. The van der Waals surface area contributed by atoms with Crippen molar-refractivity contribution in [2.45, 2.75) is 13.5 Å². The van der Waals surface area contributed by atoms with Crippen molar-refractivity contribution < 1.29 is 4.74 Å². The maximum Gasteiger partial charge on any atom is 0.151 e. The Kier molecular flexibility index (Phi) is 5.71. The second kappa shape index (κ2) is 8.36. The molecular formula is C20H19N5OS. The molecule has 3 rings (SSSR count). The lowest BCUT2D eigenvalue weighted by Gasteiger charge is -2.09. The predicted octanol–water partition coefficient (Wildman–Crippen LogP) is 3.31. The standard InChI is InChI=1S/C20H19N5OS/c1-13-18(27-20(24-13)14-6-3-2-4-7-14)12-26-16-9-5-8-15(10-16)19(22)17(11-21)25-23/h2-10,25H,12,22-23H2,1H3/b19-17-. The van der Waals surface area contributed by atoms with Crippen LogP contribution >= 0.6 is 11.3 Å². The molecule has 0 radical (unpaired) electrons. The van der Waals surface area contributed by atoms with Crippen molar-refractivity contribution in [3.63, 3.8) is 0 Å². The van der Waals surface area contributed by atoms with E-state index in [9.17, 15) is 0 Å². The van der Waals surface area contributed by atoms with E-state index in [1.54, 1.807) is 23.5 Å². The van der Waals surface area contributed by atoms with Crippen LogP contribution in [0, 0.1) is 18.3 Å². The van der Waals surface area contributed by atoms with Crippen molar-refractivity contribution in [1.29, 1.82) is 5.26 Å². The third-order valence-electron chi connectivity index (χ3n) is 3.95. The fourth-order valence-corrected chi connectivity index (χ4v) is 3.46. The molecule has 3 aromatic rings. The van der Waals surface area contributed by atoms with Crippen LogP contribution in [0.25, 0.3) is 16.3 Å². The second-order valence-electron chi connectivity index (χ2n) is 5.75. The number of aromatic nitrogens is 1. The van der Waals surface area contributed by atoms with Gasteiger partial charge in [0, 0.05) is 11.1 Å². The van der Waals surface area contributed by atoms with Gasteiger partial charge in [0.05, 0.1) is 16.3 Å². The Bertz CT molecular complexity index is 1000. The number of hydrogen-bond acceptors (Lipinski definition) is 7. The van der Waals surface area contributed by atoms with Gasteiger partial charge >= 0.3 is 0 Å². The van der Waals surface area contributed by atoms with E-state index in [1.807, 2.05) is 55.5 Å². The zero-order valence-electron chi connectivity index (χ0n) is 14.8. The van der Waals surface area contributed by atoms with Crippen molar-refractivity contribution in [1.82, 2.24) is 10.4 Å². The molecule has 0 unspecified atom stereocenters. The Balaban J connectivity index is 1.77. The Morgan fingerprint density at radius 1 is 1.22 bits per heavy atom. The summed E-state index contributed by atoms with van der Waals surface area (Å²) in [5.74, 6) is 5.97. The predicted molar refractivity (Wildman–Crippen MR) is 107 cm³/mol. The van der Waals surface area contributed by atoms with E-state index in [-0.39, 0.29) is 11.4 Å². The van der Waals surface area contributed by atoms with E-state index in [0.717, 1.165) is 21.1 Å². The fourth-order valence-electron chi connectivity index (χ4n) is 2.48. The summed E-state index contributed by atoms with van der Waals surface area (Å²) < 4.78 is 5.92. The van der Waals surface area contributed by atoms with Crippen LogP contribution in [0.1, 0.15) is 16.1 Å². The zero-order chi connectivity index (χ0) is 19.2. The van der Waals surface area contributed by atoms with Crippen molar-refractivity contribution in [3.8, 4) is 22.4 Å². The number of hydrogen-bond donors (Lipinski definition) is 3. The van der Waals surface area contributed by atoms with Gasteiger partial charge in [0.15, 0.2) is 5.70 Å². The lowest BCUT2D eigenvalue weighted by Crippen LogP contribution is -2.23. The van der Waals surface area contributed by atoms with E-state index >= 15 is 0 Å². The number of benzene rings is 2. The number of nitriles is 1. The monoisotopic (exact) mass is 377 g/mol. The summed E-state index contributed by atoms with van der Waals surface area (Å²) in [7, 11) is 0. The van der Waals surface area contributed by atoms with Gasteiger partial charge < -0.3 is 15.9 Å². The molecule has 7 heteroatoms. The van der Waals surface area contributed by atoms with Crippen LogP contribution < -0.4 is 21.7 Å². The first-order valence-electron chi connectivity index (χ1n) is 8.23. The van der Waals surface area contributed by atoms with Gasteiger partial charge in [0.25, 0.3) is 0 Å². The first-order chi connectivity index (χ1) is 13.1. The molecule has 0 saturated carbocycles. The van der Waals surface area contributed by atoms with E-state index in [0.29, 0.717) is 17.9 Å². The van der Waals surface area contributed by atoms with Gasteiger partial charge in [-0.15, -0.1) is 11.3 Å². The van der Waals surface area contributed by atoms with Crippen LogP contribution in [-0.4, -0.2) is 4.98 Å². The number of ether oxygens (including phenoxy) is 1. The normalized spacial score (nSPS) is 11.4. The highest BCUT2D eigenvalue weighted by atomic mass is 32.1. The molecule has 0 spiro atoms. The molecular weight excluding hydrogens is 358 g/mol. The smallest absolute Gasteiger partial charge is 0.151 e. The Hall–Kier alpha value is -3.34. The maximum absolute atomic E-state index is 9.04. The number of aryl methyl sites for hydroxylation is 1. The summed E-state index contributed by atoms with van der Waals surface area (Å²) in [6.07, 6.45) is 0. The van der Waals surface area contributed by atoms with Crippen molar-refractivity contribution >= 4 is 17.0 Å². The van der Waals surface area contributed by atoms with Crippen LogP contribution in [0.5, 0.6) is 5.75 Å². The van der Waals surface area contributed by atoms with Gasteiger partial charge in [-0.05, 0) is 19.1 Å². The third kappa shape index (κ3) is 4.26. The minimum absolute atomic E-state index is 0.109. The van der Waals surface area contributed by atoms with Gasteiger partial charge in [0.2, 0.25) is 0 Å². The van der Waals surface area contributed by atoms with Crippen molar-refractivity contribution in [2.75, 3.05) is 0 Å². The van der Waals surface area contributed by atoms with Gasteiger partial charge in [-0.3, -0.25) is 0 Å². The SMILES string of the molecule is Cc1nc(-c2ccccc2)sc1COc1cccc(/C(N)=C(\C#N)NN)c1. The molecule has 0 aliphatic carbocycles. The summed E-state index contributed by atoms with van der Waals surface area (Å²) in [6.45, 7) is 2.38. The zero-order valence-corrected chi connectivity index (χ0v) is 15.6. The van der Waals surface area contributed by atoms with Crippen LogP contribution in [-0.2, 0) is 6.61 Å². The average Bonchev–Trinajstić information content (AvgIpc) is 3.09. The largest absolute Gasteiger partial charge is 0.488 e. The fraction of sp³-hybridized carbons (Fsp3) is 0.100. The van der Waals surface area contributed by atoms with E-state index in [1.165, 1.54) is 0 Å².